The van der Waals surface area contributed by atoms with Crippen molar-refractivity contribution < 1.29 is 4.39 Å². The van der Waals surface area contributed by atoms with E-state index < -0.39 is 0 Å². The lowest BCUT2D eigenvalue weighted by atomic mass is 10.3. The van der Waals surface area contributed by atoms with Crippen LogP contribution in [0.3, 0.4) is 0 Å². The standard InChI is InChI=1S/C17H15FN6.C2H6/c1-23-14-4-3-12(18)9-13(14)22-17(23)11-24-8-7-21-16(24)10-15-19-5-2-6-20-15;1-2/h2-9H,10-11H2,1H3;1-2H3. The molecule has 3 heterocycles. The van der Waals surface area contributed by atoms with Crippen LogP contribution in [0, 0.1) is 5.82 Å². The molecule has 0 radical (unpaired) electrons. The Hall–Kier alpha value is -3.09. The van der Waals surface area contributed by atoms with Crippen LogP contribution in [0.5, 0.6) is 0 Å². The first-order chi connectivity index (χ1) is 12.7. The van der Waals surface area contributed by atoms with Gasteiger partial charge in [0.25, 0.3) is 0 Å². The topological polar surface area (TPSA) is 61.4 Å². The van der Waals surface area contributed by atoms with E-state index in [9.17, 15) is 4.39 Å². The number of hydrogen-bond acceptors (Lipinski definition) is 4. The number of aryl methyl sites for hydroxylation is 1. The van der Waals surface area contributed by atoms with E-state index in [4.69, 9.17) is 0 Å². The molecule has 0 spiro atoms. The summed E-state index contributed by atoms with van der Waals surface area (Å²) in [6, 6.07) is 6.43. The number of benzene rings is 1. The van der Waals surface area contributed by atoms with Crippen molar-refractivity contribution in [2.24, 2.45) is 7.05 Å². The first-order valence-electron chi connectivity index (χ1n) is 8.57. The lowest BCUT2D eigenvalue weighted by Crippen LogP contribution is -2.10. The van der Waals surface area contributed by atoms with Gasteiger partial charge in [-0.1, -0.05) is 13.8 Å². The Balaban J connectivity index is 0.000000948. The quantitative estimate of drug-likeness (QED) is 0.565. The second-order valence-corrected chi connectivity index (χ2v) is 5.53. The molecule has 3 aromatic heterocycles. The van der Waals surface area contributed by atoms with Gasteiger partial charge in [-0.3, -0.25) is 0 Å². The molecule has 26 heavy (non-hydrogen) atoms. The Morgan fingerprint density at radius 3 is 2.54 bits per heavy atom. The lowest BCUT2D eigenvalue weighted by molar-refractivity contribution is 0.629. The summed E-state index contributed by atoms with van der Waals surface area (Å²) in [5.41, 5.74) is 1.56. The summed E-state index contributed by atoms with van der Waals surface area (Å²) < 4.78 is 17.4. The molecule has 6 nitrogen and oxygen atoms in total. The third-order valence-corrected chi connectivity index (χ3v) is 3.98. The molecular weight excluding hydrogens is 331 g/mol. The average Bonchev–Trinajstić information content (AvgIpc) is 3.22. The van der Waals surface area contributed by atoms with E-state index in [-0.39, 0.29) is 5.82 Å². The van der Waals surface area contributed by atoms with Gasteiger partial charge in [0.2, 0.25) is 0 Å². The van der Waals surface area contributed by atoms with E-state index >= 15 is 0 Å². The van der Waals surface area contributed by atoms with Crippen molar-refractivity contribution >= 4 is 11.0 Å². The smallest absolute Gasteiger partial charge is 0.135 e. The van der Waals surface area contributed by atoms with Crippen molar-refractivity contribution in [2.75, 3.05) is 0 Å². The molecule has 134 valence electrons. The maximum absolute atomic E-state index is 13.4. The molecule has 0 amide bonds. The summed E-state index contributed by atoms with van der Waals surface area (Å²) in [4.78, 5) is 17.4. The first-order valence-corrected chi connectivity index (χ1v) is 8.57. The minimum atomic E-state index is -0.281. The van der Waals surface area contributed by atoms with E-state index in [1.165, 1.54) is 12.1 Å². The molecule has 0 aliphatic carbocycles. The second-order valence-electron chi connectivity index (χ2n) is 5.53. The summed E-state index contributed by atoms with van der Waals surface area (Å²) in [6.45, 7) is 4.55. The minimum absolute atomic E-state index is 0.281. The highest BCUT2D eigenvalue weighted by Crippen LogP contribution is 2.17. The number of fused-ring (bicyclic) bond motifs is 1. The monoisotopic (exact) mass is 352 g/mol. The zero-order chi connectivity index (χ0) is 18.5. The fourth-order valence-corrected chi connectivity index (χ4v) is 2.73. The lowest BCUT2D eigenvalue weighted by Gasteiger charge is -2.07. The van der Waals surface area contributed by atoms with Crippen LogP contribution in [0.25, 0.3) is 11.0 Å². The van der Waals surface area contributed by atoms with Gasteiger partial charge in [0, 0.05) is 37.9 Å². The van der Waals surface area contributed by atoms with Crippen LogP contribution in [0.1, 0.15) is 31.3 Å². The van der Waals surface area contributed by atoms with Crippen molar-refractivity contribution in [3.63, 3.8) is 0 Å². The van der Waals surface area contributed by atoms with E-state index in [0.29, 0.717) is 18.5 Å². The predicted molar refractivity (Wildman–Crippen MR) is 98.2 cm³/mol. The Kier molecular flexibility index (Phi) is 5.36. The van der Waals surface area contributed by atoms with Crippen LogP contribution in [-0.4, -0.2) is 29.1 Å². The van der Waals surface area contributed by atoms with Crippen molar-refractivity contribution in [2.45, 2.75) is 26.8 Å². The molecule has 0 saturated heterocycles. The molecule has 0 aliphatic heterocycles. The Labute approximate surface area is 151 Å². The van der Waals surface area contributed by atoms with Gasteiger partial charge in [-0.25, -0.2) is 24.3 Å². The molecule has 0 fully saturated rings. The number of halogens is 1. The maximum atomic E-state index is 13.4. The van der Waals surface area contributed by atoms with Crippen molar-refractivity contribution in [3.05, 3.63) is 72.3 Å². The van der Waals surface area contributed by atoms with Crippen LogP contribution in [0.4, 0.5) is 4.39 Å². The third-order valence-electron chi connectivity index (χ3n) is 3.98. The number of hydrogen-bond donors (Lipinski definition) is 0. The van der Waals surface area contributed by atoms with Crippen LogP contribution in [-0.2, 0) is 20.0 Å². The number of aromatic nitrogens is 6. The molecule has 4 rings (SSSR count). The van der Waals surface area contributed by atoms with E-state index in [0.717, 1.165) is 23.0 Å². The van der Waals surface area contributed by atoms with Gasteiger partial charge >= 0.3 is 0 Å². The average molecular weight is 352 g/mol. The van der Waals surface area contributed by atoms with Gasteiger partial charge in [-0.2, -0.15) is 0 Å². The highest BCUT2D eigenvalue weighted by molar-refractivity contribution is 5.75. The molecule has 0 aliphatic rings. The molecule has 1 aromatic carbocycles. The molecule has 0 bridgehead atoms. The van der Waals surface area contributed by atoms with Gasteiger partial charge in [0.15, 0.2) is 0 Å². The molecule has 7 heteroatoms. The molecule has 0 saturated carbocycles. The number of rotatable bonds is 4. The predicted octanol–water partition coefficient (Wildman–Crippen LogP) is 3.36. The Morgan fingerprint density at radius 1 is 1.00 bits per heavy atom. The van der Waals surface area contributed by atoms with E-state index in [2.05, 4.69) is 19.9 Å². The van der Waals surface area contributed by atoms with Gasteiger partial charge in [0.05, 0.1) is 24.0 Å². The second kappa shape index (κ2) is 7.86. The first kappa shape index (κ1) is 17.7. The zero-order valence-corrected chi connectivity index (χ0v) is 15.1. The SMILES string of the molecule is CC.Cn1c(Cn2ccnc2Cc2ncccn2)nc2cc(F)ccc21. The largest absolute Gasteiger partial charge is 0.330 e. The number of imidazole rings is 2. The normalized spacial score (nSPS) is 10.6. The zero-order valence-electron chi connectivity index (χ0n) is 15.1. The van der Waals surface area contributed by atoms with Crippen LogP contribution in [0.15, 0.2) is 49.1 Å². The number of nitrogens with zero attached hydrogens (tertiary/aromatic N) is 6. The molecule has 0 unspecified atom stereocenters. The fourth-order valence-electron chi connectivity index (χ4n) is 2.73. The molecule has 4 aromatic rings. The van der Waals surface area contributed by atoms with E-state index in [1.54, 1.807) is 30.7 Å². The fraction of sp³-hybridized carbons (Fsp3) is 0.263. The summed E-state index contributed by atoms with van der Waals surface area (Å²) in [6.07, 6.45) is 7.64. The Morgan fingerprint density at radius 2 is 1.77 bits per heavy atom. The molecule has 0 N–H and O–H groups in total. The van der Waals surface area contributed by atoms with Gasteiger partial charge in [-0.15, -0.1) is 0 Å². The Bertz CT molecular complexity index is 990. The highest BCUT2D eigenvalue weighted by atomic mass is 19.1. The minimum Gasteiger partial charge on any atom is -0.330 e. The summed E-state index contributed by atoms with van der Waals surface area (Å²) in [5.74, 6) is 2.14. The van der Waals surface area contributed by atoms with Crippen molar-refractivity contribution in [3.8, 4) is 0 Å². The van der Waals surface area contributed by atoms with Gasteiger partial charge < -0.3 is 9.13 Å². The van der Waals surface area contributed by atoms with Gasteiger partial charge in [-0.05, 0) is 18.2 Å². The summed E-state index contributed by atoms with van der Waals surface area (Å²) in [5, 5.41) is 0. The van der Waals surface area contributed by atoms with Crippen molar-refractivity contribution in [1.29, 1.82) is 0 Å². The van der Waals surface area contributed by atoms with E-state index in [1.807, 2.05) is 36.2 Å². The molecular formula is C19H21FN6. The van der Waals surface area contributed by atoms with Crippen LogP contribution >= 0.6 is 0 Å². The summed E-state index contributed by atoms with van der Waals surface area (Å²) in [7, 11) is 1.93. The van der Waals surface area contributed by atoms with Crippen LogP contribution in [0.2, 0.25) is 0 Å². The summed E-state index contributed by atoms with van der Waals surface area (Å²) >= 11 is 0. The maximum Gasteiger partial charge on any atom is 0.135 e. The highest BCUT2D eigenvalue weighted by Gasteiger charge is 2.12. The van der Waals surface area contributed by atoms with Crippen molar-refractivity contribution in [1.82, 2.24) is 29.1 Å². The third kappa shape index (κ3) is 3.61. The van der Waals surface area contributed by atoms with Gasteiger partial charge in [0.1, 0.15) is 23.3 Å². The van der Waals surface area contributed by atoms with Crippen LogP contribution < -0.4 is 0 Å². The molecule has 0 atom stereocenters.